The predicted molar refractivity (Wildman–Crippen MR) is 72.5 cm³/mol. The molecule has 1 fully saturated rings. The summed E-state index contributed by atoms with van der Waals surface area (Å²) in [4.78, 5) is 13.6. The Balaban J connectivity index is 1.86. The van der Waals surface area contributed by atoms with Crippen LogP contribution >= 0.6 is 0 Å². The number of aliphatic hydroxyl groups is 2. The third-order valence-electron chi connectivity index (χ3n) is 3.92. The summed E-state index contributed by atoms with van der Waals surface area (Å²) >= 11 is 0. The third-order valence-corrected chi connectivity index (χ3v) is 3.92. The lowest BCUT2D eigenvalue weighted by Crippen LogP contribution is -2.47. The van der Waals surface area contributed by atoms with Gasteiger partial charge in [0.2, 0.25) is 5.91 Å². The molecule has 1 amide bonds. The lowest BCUT2D eigenvalue weighted by Gasteiger charge is -2.35. The number of hydrogen-bond donors (Lipinski definition) is 2. The Labute approximate surface area is 122 Å². The highest BCUT2D eigenvalue weighted by Gasteiger charge is 2.29. The van der Waals surface area contributed by atoms with Crippen LogP contribution in [0.2, 0.25) is 0 Å². The van der Waals surface area contributed by atoms with Crippen molar-refractivity contribution in [2.75, 3.05) is 19.7 Å². The zero-order chi connectivity index (χ0) is 15.4. The normalized spacial score (nSPS) is 22.4. The van der Waals surface area contributed by atoms with Gasteiger partial charge in [-0.25, -0.2) is 8.78 Å². The van der Waals surface area contributed by atoms with Gasteiger partial charge in [0.1, 0.15) is 0 Å². The molecule has 2 N–H and O–H groups in total. The number of amides is 1. The van der Waals surface area contributed by atoms with Gasteiger partial charge in [0.05, 0.1) is 6.10 Å². The number of carbonyl (C=O) groups excluding carboxylic acids is 1. The molecule has 0 bridgehead atoms. The molecule has 116 valence electrons. The van der Waals surface area contributed by atoms with E-state index in [0.29, 0.717) is 24.9 Å². The van der Waals surface area contributed by atoms with Crippen molar-refractivity contribution < 1.29 is 23.8 Å². The van der Waals surface area contributed by atoms with Gasteiger partial charge < -0.3 is 15.1 Å². The number of aryl methyl sites for hydroxylation is 1. The lowest BCUT2D eigenvalue weighted by molar-refractivity contribution is -0.136. The van der Waals surface area contributed by atoms with Gasteiger partial charge in [0.25, 0.3) is 0 Å². The predicted octanol–water partition coefficient (Wildman–Crippen LogP) is 1.10. The van der Waals surface area contributed by atoms with E-state index in [1.165, 1.54) is 6.07 Å². The van der Waals surface area contributed by atoms with Crippen molar-refractivity contribution in [3.8, 4) is 0 Å². The van der Waals surface area contributed by atoms with E-state index in [4.69, 9.17) is 5.11 Å². The monoisotopic (exact) mass is 299 g/mol. The Morgan fingerprint density at radius 1 is 1.33 bits per heavy atom. The summed E-state index contributed by atoms with van der Waals surface area (Å²) in [5.41, 5.74) is 0.563. The molecule has 0 saturated carbocycles. The van der Waals surface area contributed by atoms with Crippen molar-refractivity contribution in [1.29, 1.82) is 0 Å². The van der Waals surface area contributed by atoms with E-state index in [0.717, 1.165) is 12.1 Å². The van der Waals surface area contributed by atoms with Crippen LogP contribution in [-0.4, -0.2) is 46.8 Å². The highest BCUT2D eigenvalue weighted by molar-refractivity contribution is 5.76. The van der Waals surface area contributed by atoms with Crippen molar-refractivity contribution in [2.24, 2.45) is 5.92 Å². The summed E-state index contributed by atoms with van der Waals surface area (Å²) in [5.74, 6) is -2.13. The van der Waals surface area contributed by atoms with E-state index in [9.17, 15) is 18.7 Å². The van der Waals surface area contributed by atoms with Crippen LogP contribution in [0.15, 0.2) is 18.2 Å². The number of β-amino-alcohol motifs (C(OH)–C–C–N with tert-alkyl or cyclic N) is 1. The van der Waals surface area contributed by atoms with Crippen LogP contribution in [0.25, 0.3) is 0 Å². The van der Waals surface area contributed by atoms with Crippen LogP contribution in [0.1, 0.15) is 18.4 Å². The van der Waals surface area contributed by atoms with E-state index in [-0.39, 0.29) is 31.4 Å². The van der Waals surface area contributed by atoms with E-state index >= 15 is 0 Å². The number of aliphatic hydroxyl groups excluding tert-OH is 2. The fourth-order valence-corrected chi connectivity index (χ4v) is 2.52. The molecular formula is C15H19F2NO3. The molecule has 0 aliphatic carbocycles. The minimum Gasteiger partial charge on any atom is -0.396 e. The molecule has 2 atom stereocenters. The van der Waals surface area contributed by atoms with Gasteiger partial charge in [-0.2, -0.15) is 0 Å². The average Bonchev–Trinajstić information content (AvgIpc) is 2.48. The number of piperidine rings is 1. The van der Waals surface area contributed by atoms with Crippen molar-refractivity contribution in [3.05, 3.63) is 35.4 Å². The van der Waals surface area contributed by atoms with Crippen LogP contribution in [0.3, 0.4) is 0 Å². The van der Waals surface area contributed by atoms with E-state index in [1.807, 2.05) is 0 Å². The molecule has 0 radical (unpaired) electrons. The van der Waals surface area contributed by atoms with Crippen molar-refractivity contribution in [3.63, 3.8) is 0 Å². The summed E-state index contributed by atoms with van der Waals surface area (Å²) in [5, 5.41) is 18.9. The summed E-state index contributed by atoms with van der Waals surface area (Å²) in [6.45, 7) is 0.624. The number of nitrogens with zero attached hydrogens (tertiary/aromatic N) is 1. The second kappa shape index (κ2) is 6.95. The highest BCUT2D eigenvalue weighted by Crippen LogP contribution is 2.18. The molecule has 2 rings (SSSR count). The molecule has 6 heteroatoms. The molecule has 1 heterocycles. The first-order valence-corrected chi connectivity index (χ1v) is 7.02. The zero-order valence-corrected chi connectivity index (χ0v) is 11.6. The van der Waals surface area contributed by atoms with Gasteiger partial charge in [-0.05, 0) is 30.5 Å². The van der Waals surface area contributed by atoms with Crippen LogP contribution in [0, 0.1) is 17.6 Å². The largest absolute Gasteiger partial charge is 0.396 e. The summed E-state index contributed by atoms with van der Waals surface area (Å²) in [6, 6.07) is 3.60. The smallest absolute Gasteiger partial charge is 0.222 e. The fraction of sp³-hybridized carbons (Fsp3) is 0.533. The van der Waals surface area contributed by atoms with Gasteiger partial charge in [0.15, 0.2) is 11.6 Å². The molecule has 1 aromatic rings. The van der Waals surface area contributed by atoms with E-state index in [1.54, 1.807) is 4.90 Å². The first-order valence-electron chi connectivity index (χ1n) is 7.02. The van der Waals surface area contributed by atoms with Gasteiger partial charge in [0, 0.05) is 32.0 Å². The van der Waals surface area contributed by atoms with Gasteiger partial charge in [-0.3, -0.25) is 4.79 Å². The SMILES string of the molecule is O=C(CCc1ccc(F)c(F)c1)N1CC[C@H](CO)[C@@H](O)C1. The number of carbonyl (C=O) groups is 1. The Morgan fingerprint density at radius 3 is 2.71 bits per heavy atom. The van der Waals surface area contributed by atoms with Crippen molar-refractivity contribution >= 4 is 5.91 Å². The van der Waals surface area contributed by atoms with Crippen LogP contribution in [0.4, 0.5) is 8.78 Å². The maximum absolute atomic E-state index is 13.1. The Morgan fingerprint density at radius 2 is 2.10 bits per heavy atom. The Hall–Kier alpha value is -1.53. The molecule has 1 aliphatic heterocycles. The highest BCUT2D eigenvalue weighted by atomic mass is 19.2. The standard InChI is InChI=1S/C15H19F2NO3/c16-12-3-1-10(7-13(12)17)2-4-15(21)18-6-5-11(9-19)14(20)8-18/h1,3,7,11,14,19-20H,2,4-6,8-9H2/t11-,14+/m1/s1. The van der Waals surface area contributed by atoms with E-state index < -0.39 is 17.7 Å². The maximum atomic E-state index is 13.1. The summed E-state index contributed by atoms with van der Waals surface area (Å²) in [6.07, 6.45) is 0.360. The minimum atomic E-state index is -0.917. The number of likely N-dealkylation sites (tertiary alicyclic amines) is 1. The molecule has 21 heavy (non-hydrogen) atoms. The lowest BCUT2D eigenvalue weighted by atomic mass is 9.94. The van der Waals surface area contributed by atoms with Gasteiger partial charge >= 0.3 is 0 Å². The Bertz CT molecular complexity index is 510. The van der Waals surface area contributed by atoms with Gasteiger partial charge in [-0.1, -0.05) is 6.07 Å². The molecule has 4 nitrogen and oxygen atoms in total. The topological polar surface area (TPSA) is 60.8 Å². The minimum absolute atomic E-state index is 0.0853. The number of hydrogen-bond acceptors (Lipinski definition) is 3. The second-order valence-electron chi connectivity index (χ2n) is 5.39. The third kappa shape index (κ3) is 3.98. The average molecular weight is 299 g/mol. The quantitative estimate of drug-likeness (QED) is 0.875. The second-order valence-corrected chi connectivity index (χ2v) is 5.39. The van der Waals surface area contributed by atoms with Crippen LogP contribution < -0.4 is 0 Å². The van der Waals surface area contributed by atoms with Crippen molar-refractivity contribution in [2.45, 2.75) is 25.4 Å². The first-order chi connectivity index (χ1) is 10.0. The number of halogens is 2. The Kier molecular flexibility index (Phi) is 5.25. The van der Waals surface area contributed by atoms with Crippen LogP contribution in [-0.2, 0) is 11.2 Å². The van der Waals surface area contributed by atoms with Gasteiger partial charge in [-0.15, -0.1) is 0 Å². The molecule has 0 unspecified atom stereocenters. The van der Waals surface area contributed by atoms with Crippen molar-refractivity contribution in [1.82, 2.24) is 4.90 Å². The molecule has 0 spiro atoms. The van der Waals surface area contributed by atoms with Crippen LogP contribution in [0.5, 0.6) is 0 Å². The maximum Gasteiger partial charge on any atom is 0.222 e. The number of benzene rings is 1. The first kappa shape index (κ1) is 15.9. The number of rotatable bonds is 4. The molecule has 0 aromatic heterocycles. The zero-order valence-electron chi connectivity index (χ0n) is 11.6. The van der Waals surface area contributed by atoms with E-state index in [2.05, 4.69) is 0 Å². The molecule has 1 aromatic carbocycles. The molecule has 1 aliphatic rings. The summed E-state index contributed by atoms with van der Waals surface area (Å²) in [7, 11) is 0. The molecule has 1 saturated heterocycles. The summed E-state index contributed by atoms with van der Waals surface area (Å²) < 4.78 is 25.9. The fourth-order valence-electron chi connectivity index (χ4n) is 2.52. The molecular weight excluding hydrogens is 280 g/mol.